The maximum absolute atomic E-state index is 16.0. The van der Waals surface area contributed by atoms with E-state index in [-0.39, 0.29) is 43.0 Å². The molecule has 2 aliphatic carbocycles. The van der Waals surface area contributed by atoms with Crippen LogP contribution in [0.5, 0.6) is 0 Å². The van der Waals surface area contributed by atoms with Crippen LogP contribution in [0, 0.1) is 22.6 Å². The number of rotatable bonds is 8. The molecule has 0 bridgehead atoms. The Morgan fingerprint density at radius 3 is 2.51 bits per heavy atom. The van der Waals surface area contributed by atoms with E-state index < -0.39 is 96.0 Å². The first-order valence-corrected chi connectivity index (χ1v) is 15.8. The number of carbonyl (C=O) groups excluding carboxylic acids is 3. The van der Waals surface area contributed by atoms with Crippen LogP contribution in [0.2, 0.25) is 5.02 Å². The Balaban J connectivity index is 1.38. The largest absolute Gasteiger partial charge is 0.366 e. The second kappa shape index (κ2) is 12.2. The number of nitrogens with one attached hydrogen (secondary N) is 4. The van der Waals surface area contributed by atoms with Crippen LogP contribution in [-0.2, 0) is 19.1 Å². The van der Waals surface area contributed by atoms with Gasteiger partial charge in [0.25, 0.3) is 0 Å². The Hall–Kier alpha value is -2.67. The number of hydrogen-bond acceptors (Lipinski definition) is 5. The summed E-state index contributed by atoms with van der Waals surface area (Å²) in [4.78, 5) is 40.8. The van der Waals surface area contributed by atoms with Gasteiger partial charge in [-0.05, 0) is 49.5 Å². The highest BCUT2D eigenvalue weighted by Gasteiger charge is 2.80. The van der Waals surface area contributed by atoms with Crippen LogP contribution in [0.1, 0.15) is 37.2 Å². The molecule has 7 atom stereocenters. The average molecular weight is 674 g/mol. The number of halogens is 6. The number of benzene rings is 1. The van der Waals surface area contributed by atoms with Crippen LogP contribution in [0.4, 0.5) is 17.6 Å². The molecule has 0 radical (unpaired) electrons. The lowest BCUT2D eigenvalue weighted by Crippen LogP contribution is -2.70. The zero-order valence-electron chi connectivity index (χ0n) is 24.2. The van der Waals surface area contributed by atoms with E-state index in [2.05, 4.69) is 21.3 Å². The first kappa shape index (κ1) is 32.3. The molecule has 4 fully saturated rings. The van der Waals surface area contributed by atoms with Gasteiger partial charge in [0.1, 0.15) is 18.6 Å². The molecule has 0 aromatic heterocycles. The predicted octanol–water partition coefficient (Wildman–Crippen LogP) is 3.54. The minimum Gasteiger partial charge on any atom is -0.366 e. The smallest absolute Gasteiger partial charge is 0.249 e. The Kier molecular flexibility index (Phi) is 8.73. The second-order valence-electron chi connectivity index (χ2n) is 12.8. The van der Waals surface area contributed by atoms with E-state index in [1.54, 1.807) is 18.2 Å². The first-order valence-electron chi connectivity index (χ1n) is 15.0. The maximum atomic E-state index is 16.0. The quantitative estimate of drug-likeness (QED) is 0.316. The lowest BCUT2D eigenvalue weighted by Gasteiger charge is -2.60. The number of fused-ring (bicyclic) bond motifs is 3. The fourth-order valence-electron chi connectivity index (χ4n) is 8.48. The van der Waals surface area contributed by atoms with Crippen LogP contribution in [0.25, 0.3) is 0 Å². The highest BCUT2D eigenvalue weighted by Crippen LogP contribution is 2.70. The third kappa shape index (κ3) is 5.07. The molecule has 45 heavy (non-hydrogen) atoms. The van der Waals surface area contributed by atoms with Crippen molar-refractivity contribution in [3.8, 4) is 0 Å². The summed E-state index contributed by atoms with van der Waals surface area (Å²) in [5.41, 5.74) is -4.16. The molecule has 1 aromatic carbocycles. The van der Waals surface area contributed by atoms with Crippen molar-refractivity contribution in [3.63, 3.8) is 0 Å². The molecule has 244 valence electrons. The number of allylic oxidation sites excluding steroid dienone is 2. The van der Waals surface area contributed by atoms with Crippen LogP contribution >= 0.6 is 23.2 Å². The van der Waals surface area contributed by atoms with Gasteiger partial charge >= 0.3 is 0 Å². The van der Waals surface area contributed by atoms with Gasteiger partial charge in [0.15, 0.2) is 0 Å². The van der Waals surface area contributed by atoms with E-state index in [0.29, 0.717) is 11.5 Å². The Morgan fingerprint density at radius 1 is 1.09 bits per heavy atom. The Labute approximate surface area is 267 Å². The normalized spacial score (nSPS) is 34.2. The SMILES string of the molecule is O=C(NCCF)[C@@H]1CC[C@@H](NC(=O)[C@@H]2NC3(CC(CF)(CF)C3)[C@@]3(C(=O)NC4C=C(Cl)C=CC43)[C@H]2c2cccc(Cl)c2F)CO1. The van der Waals surface area contributed by atoms with Gasteiger partial charge in [-0.15, -0.1) is 0 Å². The van der Waals surface area contributed by atoms with Gasteiger partial charge in [-0.25, -0.2) is 8.78 Å². The third-order valence-electron chi connectivity index (χ3n) is 10.3. The molecular formula is C31H34Cl2F4N4O4. The van der Waals surface area contributed by atoms with Crippen LogP contribution in [0.3, 0.4) is 0 Å². The summed E-state index contributed by atoms with van der Waals surface area (Å²) in [6.07, 6.45) is 4.69. The molecule has 1 saturated carbocycles. The number of ether oxygens (including phenoxy) is 1. The van der Waals surface area contributed by atoms with Crippen LogP contribution < -0.4 is 21.3 Å². The van der Waals surface area contributed by atoms with Gasteiger partial charge in [0, 0.05) is 34.4 Å². The summed E-state index contributed by atoms with van der Waals surface area (Å²) >= 11 is 12.5. The molecule has 3 saturated heterocycles. The summed E-state index contributed by atoms with van der Waals surface area (Å²) in [5.74, 6) is -4.06. The van der Waals surface area contributed by atoms with E-state index in [4.69, 9.17) is 27.9 Å². The predicted molar refractivity (Wildman–Crippen MR) is 158 cm³/mol. The van der Waals surface area contributed by atoms with Gasteiger partial charge in [-0.2, -0.15) is 0 Å². The molecule has 3 heterocycles. The van der Waals surface area contributed by atoms with Gasteiger partial charge in [0.05, 0.1) is 48.5 Å². The van der Waals surface area contributed by atoms with Crippen molar-refractivity contribution < 1.29 is 36.7 Å². The molecule has 5 aliphatic rings. The van der Waals surface area contributed by atoms with Crippen molar-refractivity contribution in [3.05, 3.63) is 57.9 Å². The third-order valence-corrected chi connectivity index (χ3v) is 10.8. The molecular weight excluding hydrogens is 639 g/mol. The van der Waals surface area contributed by atoms with Crippen molar-refractivity contribution in [2.75, 3.05) is 33.2 Å². The molecule has 2 unspecified atom stereocenters. The Bertz CT molecular complexity index is 1430. The molecule has 3 aliphatic heterocycles. The number of alkyl halides is 3. The van der Waals surface area contributed by atoms with Crippen molar-refractivity contribution in [1.82, 2.24) is 21.3 Å². The van der Waals surface area contributed by atoms with E-state index >= 15 is 4.39 Å². The van der Waals surface area contributed by atoms with Gasteiger partial charge in [-0.1, -0.05) is 41.4 Å². The number of hydrogen-bond donors (Lipinski definition) is 4. The summed E-state index contributed by atoms with van der Waals surface area (Å²) < 4.78 is 62.8. The lowest BCUT2D eigenvalue weighted by molar-refractivity contribution is -0.146. The maximum Gasteiger partial charge on any atom is 0.249 e. The average Bonchev–Trinajstić information content (AvgIpc) is 3.48. The standard InChI is InChI=1S/C31H34Cl2F4N4O4/c32-16-4-6-19-21(10-16)40-28(44)31(19)23(18-2-1-3-20(33)24(18)37)25(41-30(31)12-29(13-30,14-35)15-36)27(43)39-17-5-7-22(45-11-17)26(42)38-9-8-34/h1-4,6,10,17,19,21-23,25,41H,5,7-9,11-15H2,(H,38,42)(H,39,43)(H,40,44)/t17-,19?,21?,22+,23+,25-,31-/m1/s1. The minimum atomic E-state index is -1.55. The van der Waals surface area contributed by atoms with Crippen molar-refractivity contribution in [2.45, 2.75) is 61.4 Å². The molecule has 2 spiro atoms. The van der Waals surface area contributed by atoms with E-state index in [0.717, 1.165) is 0 Å². The fraction of sp³-hybridized carbons (Fsp3) is 0.581. The van der Waals surface area contributed by atoms with Crippen molar-refractivity contribution >= 4 is 40.9 Å². The molecule has 4 N–H and O–H groups in total. The van der Waals surface area contributed by atoms with Crippen molar-refractivity contribution in [2.24, 2.45) is 16.7 Å². The Morgan fingerprint density at radius 2 is 1.84 bits per heavy atom. The topological polar surface area (TPSA) is 109 Å². The van der Waals surface area contributed by atoms with E-state index in [1.165, 1.54) is 18.2 Å². The van der Waals surface area contributed by atoms with Gasteiger partial charge < -0.3 is 20.7 Å². The zero-order chi connectivity index (χ0) is 32.1. The molecule has 1 aromatic rings. The fourth-order valence-corrected chi connectivity index (χ4v) is 8.87. The zero-order valence-corrected chi connectivity index (χ0v) is 25.7. The number of carbonyl (C=O) groups is 3. The number of amides is 3. The highest BCUT2D eigenvalue weighted by atomic mass is 35.5. The summed E-state index contributed by atoms with van der Waals surface area (Å²) in [6.45, 7) is -2.78. The molecule has 3 amide bonds. The van der Waals surface area contributed by atoms with E-state index in [9.17, 15) is 27.6 Å². The highest BCUT2D eigenvalue weighted by molar-refractivity contribution is 6.31. The van der Waals surface area contributed by atoms with Gasteiger partial charge in [0.2, 0.25) is 17.7 Å². The second-order valence-corrected chi connectivity index (χ2v) is 13.7. The molecule has 6 rings (SSSR count). The molecule has 14 heteroatoms. The van der Waals surface area contributed by atoms with Crippen molar-refractivity contribution in [1.29, 1.82) is 0 Å². The van der Waals surface area contributed by atoms with Crippen LogP contribution in [0.15, 0.2) is 41.5 Å². The van der Waals surface area contributed by atoms with Crippen LogP contribution in [-0.4, -0.2) is 80.7 Å². The summed E-state index contributed by atoms with van der Waals surface area (Å²) in [5, 5.41) is 11.8. The monoisotopic (exact) mass is 672 g/mol. The summed E-state index contributed by atoms with van der Waals surface area (Å²) in [7, 11) is 0. The minimum absolute atomic E-state index is 0.0112. The first-order chi connectivity index (χ1) is 21.5. The van der Waals surface area contributed by atoms with Gasteiger partial charge in [-0.3, -0.25) is 28.5 Å². The van der Waals surface area contributed by atoms with E-state index in [1.807, 2.05) is 0 Å². The lowest BCUT2D eigenvalue weighted by atomic mass is 9.44. The molecule has 8 nitrogen and oxygen atoms in total. The summed E-state index contributed by atoms with van der Waals surface area (Å²) in [6, 6.07) is 2.04.